The van der Waals surface area contributed by atoms with Gasteiger partial charge in [-0.15, -0.1) is 11.8 Å². The minimum atomic E-state index is 0.363. The quantitative estimate of drug-likeness (QED) is 0.731. The predicted molar refractivity (Wildman–Crippen MR) is 78.4 cm³/mol. The monoisotopic (exact) mass is 253 g/mol. The average molecular weight is 253 g/mol. The van der Waals surface area contributed by atoms with Gasteiger partial charge in [0, 0.05) is 22.4 Å². The van der Waals surface area contributed by atoms with Gasteiger partial charge < -0.3 is 0 Å². The van der Waals surface area contributed by atoms with Gasteiger partial charge in [0.2, 0.25) is 0 Å². The molecule has 2 heteroatoms. The maximum atomic E-state index is 2.81. The zero-order valence-electron chi connectivity index (χ0n) is 12.0. The van der Waals surface area contributed by atoms with Crippen molar-refractivity contribution in [1.29, 1.82) is 0 Å². The molecule has 0 unspecified atom stereocenters. The molecule has 0 radical (unpaired) electrons. The maximum Gasteiger partial charge on any atom is 0.0172 e. The highest BCUT2D eigenvalue weighted by molar-refractivity contribution is 8.02. The fourth-order valence-corrected chi connectivity index (χ4v) is 5.20. The predicted octanol–water partition coefficient (Wildman–Crippen LogP) is 4.44. The van der Waals surface area contributed by atoms with Crippen LogP contribution in [0.1, 0.15) is 60.3 Å². The van der Waals surface area contributed by atoms with Gasteiger partial charge in [0.05, 0.1) is 0 Å². The van der Waals surface area contributed by atoms with Crippen LogP contribution in [0.4, 0.5) is 0 Å². The summed E-state index contributed by atoms with van der Waals surface area (Å²) in [7, 11) is 0. The van der Waals surface area contributed by atoms with Crippen molar-refractivity contribution in [2.45, 2.75) is 82.7 Å². The molecule has 98 valence electrons. The molecule has 2 rings (SSSR count). The lowest BCUT2D eigenvalue weighted by atomic mass is 9.79. The molecule has 1 aliphatic carbocycles. The van der Waals surface area contributed by atoms with E-state index in [0.29, 0.717) is 11.1 Å². The Bertz CT molecular complexity index is 284. The zero-order valence-corrected chi connectivity index (χ0v) is 12.8. The standard InChI is InChI=1S/C15H27NS/c1-6-9-17-13-10-14(2,3)16(12-7-8-12)15(4,5)11-13/h6,9,12-13H,7-8,10-11H2,1-5H3. The number of allylic oxidation sites excluding steroid dienone is 1. The van der Waals surface area contributed by atoms with E-state index >= 15 is 0 Å². The molecule has 1 saturated carbocycles. The van der Waals surface area contributed by atoms with E-state index < -0.39 is 0 Å². The fourth-order valence-electron chi connectivity index (χ4n) is 3.81. The zero-order chi connectivity index (χ0) is 12.7. The first-order valence-electron chi connectivity index (χ1n) is 6.93. The molecule has 1 aliphatic heterocycles. The molecule has 0 bridgehead atoms. The summed E-state index contributed by atoms with van der Waals surface area (Å²) in [4.78, 5) is 2.81. The van der Waals surface area contributed by atoms with Crippen LogP contribution in [0.3, 0.4) is 0 Å². The number of likely N-dealkylation sites (tertiary alicyclic amines) is 1. The summed E-state index contributed by atoms with van der Waals surface area (Å²) in [6.45, 7) is 11.9. The second-order valence-corrected chi connectivity index (χ2v) is 8.07. The van der Waals surface area contributed by atoms with Gasteiger partial charge in [-0.1, -0.05) is 6.08 Å². The van der Waals surface area contributed by atoms with Crippen molar-refractivity contribution in [3.8, 4) is 0 Å². The van der Waals surface area contributed by atoms with Crippen LogP contribution in [0.2, 0.25) is 0 Å². The van der Waals surface area contributed by atoms with E-state index in [-0.39, 0.29) is 0 Å². The maximum absolute atomic E-state index is 2.81. The lowest BCUT2D eigenvalue weighted by molar-refractivity contribution is -0.0310. The number of thioether (sulfide) groups is 1. The molecule has 2 aliphatic rings. The molecule has 0 atom stereocenters. The van der Waals surface area contributed by atoms with Crippen LogP contribution in [0, 0.1) is 0 Å². The number of piperidine rings is 1. The van der Waals surface area contributed by atoms with E-state index in [1.807, 2.05) is 11.8 Å². The Morgan fingerprint density at radius 3 is 2.00 bits per heavy atom. The summed E-state index contributed by atoms with van der Waals surface area (Å²) in [5, 5.41) is 3.05. The van der Waals surface area contributed by atoms with Gasteiger partial charge in [-0.3, -0.25) is 4.90 Å². The molecular weight excluding hydrogens is 226 g/mol. The third-order valence-corrected chi connectivity index (χ3v) is 5.23. The molecular formula is C15H27NS. The number of hydrogen-bond acceptors (Lipinski definition) is 2. The molecule has 0 spiro atoms. The molecule has 1 heterocycles. The van der Waals surface area contributed by atoms with Crippen LogP contribution in [-0.2, 0) is 0 Å². The van der Waals surface area contributed by atoms with E-state index in [0.717, 1.165) is 11.3 Å². The molecule has 1 nitrogen and oxygen atoms in total. The molecule has 0 aromatic heterocycles. The van der Waals surface area contributed by atoms with Crippen molar-refractivity contribution in [2.75, 3.05) is 0 Å². The number of hydrogen-bond donors (Lipinski definition) is 0. The van der Waals surface area contributed by atoms with Gasteiger partial charge in [-0.25, -0.2) is 0 Å². The minimum Gasteiger partial charge on any atom is -0.290 e. The van der Waals surface area contributed by atoms with Gasteiger partial charge >= 0.3 is 0 Å². The third-order valence-electron chi connectivity index (χ3n) is 4.08. The van der Waals surface area contributed by atoms with Crippen molar-refractivity contribution in [3.05, 3.63) is 11.5 Å². The van der Waals surface area contributed by atoms with E-state index in [1.54, 1.807) is 0 Å². The molecule has 0 N–H and O–H groups in total. The second-order valence-electron chi connectivity index (χ2n) is 6.86. The molecule has 0 aromatic carbocycles. The topological polar surface area (TPSA) is 3.24 Å². The second kappa shape index (κ2) is 4.62. The highest BCUT2D eigenvalue weighted by atomic mass is 32.2. The fraction of sp³-hybridized carbons (Fsp3) is 0.867. The summed E-state index contributed by atoms with van der Waals surface area (Å²) in [5.74, 6) is 0. The van der Waals surface area contributed by atoms with Gasteiger partial charge in [0.1, 0.15) is 0 Å². The highest BCUT2D eigenvalue weighted by Crippen LogP contribution is 2.48. The number of rotatable bonds is 3. The Morgan fingerprint density at radius 2 is 1.59 bits per heavy atom. The van der Waals surface area contributed by atoms with Crippen molar-refractivity contribution < 1.29 is 0 Å². The van der Waals surface area contributed by atoms with Crippen molar-refractivity contribution in [1.82, 2.24) is 4.90 Å². The molecule has 0 aromatic rings. The van der Waals surface area contributed by atoms with Crippen LogP contribution in [0.15, 0.2) is 11.5 Å². The third kappa shape index (κ3) is 2.90. The van der Waals surface area contributed by atoms with Crippen LogP contribution < -0.4 is 0 Å². The summed E-state index contributed by atoms with van der Waals surface area (Å²) < 4.78 is 0. The van der Waals surface area contributed by atoms with Gasteiger partial charge in [0.25, 0.3) is 0 Å². The lowest BCUT2D eigenvalue weighted by Gasteiger charge is -2.55. The largest absolute Gasteiger partial charge is 0.290 e. The summed E-state index contributed by atoms with van der Waals surface area (Å²) in [6.07, 6.45) is 7.64. The number of nitrogens with zero attached hydrogens (tertiary/aromatic N) is 1. The lowest BCUT2D eigenvalue weighted by Crippen LogP contribution is -2.62. The first-order chi connectivity index (χ1) is 7.87. The molecule has 17 heavy (non-hydrogen) atoms. The normalized spacial score (nSPS) is 29.9. The smallest absolute Gasteiger partial charge is 0.0172 e. The summed E-state index contributed by atoms with van der Waals surface area (Å²) >= 11 is 2.03. The van der Waals surface area contributed by atoms with Gasteiger partial charge in [0.15, 0.2) is 0 Å². The van der Waals surface area contributed by atoms with Gasteiger partial charge in [-0.05, 0) is 65.7 Å². The van der Waals surface area contributed by atoms with Crippen molar-refractivity contribution in [2.24, 2.45) is 0 Å². The SMILES string of the molecule is CC=CSC1CC(C)(C)N(C2CC2)C(C)(C)C1. The summed E-state index contributed by atoms with van der Waals surface area (Å²) in [6, 6.07) is 0.868. The first-order valence-corrected chi connectivity index (χ1v) is 7.87. The molecule has 1 saturated heterocycles. The summed E-state index contributed by atoms with van der Waals surface area (Å²) in [5.41, 5.74) is 0.727. The van der Waals surface area contributed by atoms with Crippen LogP contribution >= 0.6 is 11.8 Å². The molecule has 0 amide bonds. The average Bonchev–Trinajstić information content (AvgIpc) is 2.94. The minimum absolute atomic E-state index is 0.363. The Labute approximate surface area is 111 Å². The van der Waals surface area contributed by atoms with Gasteiger partial charge in [-0.2, -0.15) is 0 Å². The van der Waals surface area contributed by atoms with E-state index in [2.05, 4.69) is 51.0 Å². The van der Waals surface area contributed by atoms with Crippen molar-refractivity contribution in [3.63, 3.8) is 0 Å². The first kappa shape index (κ1) is 13.5. The van der Waals surface area contributed by atoms with Crippen molar-refractivity contribution >= 4 is 11.8 Å². The van der Waals surface area contributed by atoms with E-state index in [9.17, 15) is 0 Å². The van der Waals surface area contributed by atoms with Crippen LogP contribution in [0.5, 0.6) is 0 Å². The Morgan fingerprint density at radius 1 is 1.06 bits per heavy atom. The van der Waals surface area contributed by atoms with Crippen LogP contribution in [0.25, 0.3) is 0 Å². The van der Waals surface area contributed by atoms with E-state index in [1.165, 1.54) is 25.7 Å². The Balaban J connectivity index is 2.12. The highest BCUT2D eigenvalue weighted by Gasteiger charge is 2.50. The molecule has 2 fully saturated rings. The van der Waals surface area contributed by atoms with E-state index in [4.69, 9.17) is 0 Å². The van der Waals surface area contributed by atoms with Crippen LogP contribution in [-0.4, -0.2) is 27.3 Å². The Kier molecular flexibility index (Phi) is 3.66. The Hall–Kier alpha value is 0.0500.